The van der Waals surface area contributed by atoms with E-state index in [2.05, 4.69) is 20.8 Å². The summed E-state index contributed by atoms with van der Waals surface area (Å²) < 4.78 is 13.8. The molecule has 2 N–H and O–H groups in total. The van der Waals surface area contributed by atoms with Crippen LogP contribution in [-0.4, -0.2) is 0 Å². The lowest BCUT2D eigenvalue weighted by molar-refractivity contribution is 0.588. The summed E-state index contributed by atoms with van der Waals surface area (Å²) in [7, 11) is 0. The summed E-state index contributed by atoms with van der Waals surface area (Å²) in [5.41, 5.74) is 8.75. The Labute approximate surface area is 124 Å². The Balaban J connectivity index is 2.34. The van der Waals surface area contributed by atoms with E-state index in [-0.39, 0.29) is 11.2 Å². The van der Waals surface area contributed by atoms with E-state index in [0.29, 0.717) is 10.6 Å². The van der Waals surface area contributed by atoms with Crippen LogP contribution >= 0.6 is 11.6 Å². The van der Waals surface area contributed by atoms with Gasteiger partial charge in [0.1, 0.15) is 5.82 Å². The third-order valence-electron chi connectivity index (χ3n) is 3.43. The Morgan fingerprint density at radius 1 is 1.05 bits per heavy atom. The van der Waals surface area contributed by atoms with Crippen LogP contribution in [0.3, 0.4) is 0 Å². The van der Waals surface area contributed by atoms with Gasteiger partial charge in [-0.15, -0.1) is 0 Å². The maximum atomic E-state index is 13.8. The van der Waals surface area contributed by atoms with Gasteiger partial charge in [-0.3, -0.25) is 0 Å². The van der Waals surface area contributed by atoms with E-state index in [0.717, 1.165) is 5.56 Å². The van der Waals surface area contributed by atoms with Gasteiger partial charge in [-0.2, -0.15) is 0 Å². The zero-order valence-corrected chi connectivity index (χ0v) is 12.7. The quantitative estimate of drug-likeness (QED) is 0.843. The van der Waals surface area contributed by atoms with Gasteiger partial charge in [-0.1, -0.05) is 56.6 Å². The first-order valence-electron chi connectivity index (χ1n) is 6.60. The van der Waals surface area contributed by atoms with Crippen LogP contribution in [0.1, 0.15) is 43.5 Å². The van der Waals surface area contributed by atoms with Gasteiger partial charge >= 0.3 is 0 Å². The fourth-order valence-corrected chi connectivity index (χ4v) is 2.30. The van der Waals surface area contributed by atoms with Crippen LogP contribution in [0.4, 0.5) is 4.39 Å². The molecule has 1 atom stereocenters. The van der Waals surface area contributed by atoms with Gasteiger partial charge in [0.05, 0.1) is 6.04 Å². The van der Waals surface area contributed by atoms with Crippen molar-refractivity contribution in [3.05, 3.63) is 70.0 Å². The molecule has 0 aliphatic heterocycles. The predicted molar refractivity (Wildman–Crippen MR) is 82.6 cm³/mol. The van der Waals surface area contributed by atoms with Gasteiger partial charge in [-0.25, -0.2) is 4.39 Å². The standard InChI is InChI=1S/C17H19ClFN/c1-17(2,3)12-6-4-11(5-7-12)16(20)14-10-13(18)8-9-15(14)19/h4-10,16H,20H2,1-3H3. The summed E-state index contributed by atoms with van der Waals surface area (Å²) in [5, 5.41) is 0.489. The third-order valence-corrected chi connectivity index (χ3v) is 3.66. The average Bonchev–Trinajstić information content (AvgIpc) is 2.40. The molecule has 0 saturated heterocycles. The van der Waals surface area contributed by atoms with Crippen molar-refractivity contribution in [1.29, 1.82) is 0 Å². The van der Waals surface area contributed by atoms with Crippen LogP contribution in [0.15, 0.2) is 42.5 Å². The minimum absolute atomic E-state index is 0.0872. The highest BCUT2D eigenvalue weighted by Crippen LogP contribution is 2.28. The normalized spacial score (nSPS) is 13.3. The zero-order valence-electron chi connectivity index (χ0n) is 12.0. The molecular weight excluding hydrogens is 273 g/mol. The van der Waals surface area contributed by atoms with Gasteiger partial charge in [0.25, 0.3) is 0 Å². The number of hydrogen-bond acceptors (Lipinski definition) is 1. The Bertz CT molecular complexity index is 599. The van der Waals surface area contributed by atoms with Gasteiger partial charge in [0.2, 0.25) is 0 Å². The fraction of sp³-hybridized carbons (Fsp3) is 0.294. The monoisotopic (exact) mass is 291 g/mol. The van der Waals surface area contributed by atoms with Crippen molar-refractivity contribution in [2.45, 2.75) is 32.2 Å². The van der Waals surface area contributed by atoms with Gasteiger partial charge in [0, 0.05) is 10.6 Å². The van der Waals surface area contributed by atoms with Gasteiger partial charge in [-0.05, 0) is 34.7 Å². The third kappa shape index (κ3) is 3.20. The smallest absolute Gasteiger partial charge is 0.128 e. The second-order valence-corrected chi connectivity index (χ2v) is 6.45. The molecule has 1 unspecified atom stereocenters. The van der Waals surface area contributed by atoms with Crippen molar-refractivity contribution in [3.63, 3.8) is 0 Å². The lowest BCUT2D eigenvalue weighted by Crippen LogP contribution is -2.15. The summed E-state index contributed by atoms with van der Waals surface area (Å²) in [6, 6.07) is 11.9. The first kappa shape index (κ1) is 15.0. The van der Waals surface area contributed by atoms with E-state index in [1.165, 1.54) is 17.7 Å². The molecule has 0 spiro atoms. The van der Waals surface area contributed by atoms with E-state index in [9.17, 15) is 4.39 Å². The SMILES string of the molecule is CC(C)(C)c1ccc(C(N)c2cc(Cl)ccc2F)cc1. The molecule has 20 heavy (non-hydrogen) atoms. The molecular formula is C17H19ClFN. The van der Waals surface area contributed by atoms with E-state index in [4.69, 9.17) is 17.3 Å². The van der Waals surface area contributed by atoms with Crippen molar-refractivity contribution in [2.24, 2.45) is 5.73 Å². The number of benzene rings is 2. The number of halogens is 2. The van der Waals surface area contributed by atoms with Crippen LogP contribution in [-0.2, 0) is 5.41 Å². The molecule has 2 aromatic rings. The lowest BCUT2D eigenvalue weighted by Gasteiger charge is -2.20. The van der Waals surface area contributed by atoms with Crippen LogP contribution in [0.5, 0.6) is 0 Å². The molecule has 0 fully saturated rings. The highest BCUT2D eigenvalue weighted by atomic mass is 35.5. The second kappa shape index (κ2) is 5.55. The van der Waals surface area contributed by atoms with E-state index >= 15 is 0 Å². The molecule has 0 amide bonds. The second-order valence-electron chi connectivity index (χ2n) is 6.02. The van der Waals surface area contributed by atoms with Crippen molar-refractivity contribution < 1.29 is 4.39 Å². The van der Waals surface area contributed by atoms with Crippen molar-refractivity contribution in [3.8, 4) is 0 Å². The van der Waals surface area contributed by atoms with Gasteiger partial charge < -0.3 is 5.73 Å². The van der Waals surface area contributed by atoms with Gasteiger partial charge in [0.15, 0.2) is 0 Å². The minimum Gasteiger partial charge on any atom is -0.320 e. The Morgan fingerprint density at radius 2 is 1.65 bits per heavy atom. The van der Waals surface area contributed by atoms with E-state index in [1.54, 1.807) is 6.07 Å². The topological polar surface area (TPSA) is 26.0 Å². The molecule has 0 radical (unpaired) electrons. The number of hydrogen-bond donors (Lipinski definition) is 1. The molecule has 2 aromatic carbocycles. The van der Waals surface area contributed by atoms with Crippen LogP contribution in [0, 0.1) is 5.82 Å². The predicted octanol–water partition coefficient (Wildman–Crippen LogP) is 4.82. The fourth-order valence-electron chi connectivity index (χ4n) is 2.12. The largest absolute Gasteiger partial charge is 0.320 e. The van der Waals surface area contributed by atoms with Crippen LogP contribution < -0.4 is 5.73 Å². The van der Waals surface area contributed by atoms with Crippen LogP contribution in [0.2, 0.25) is 5.02 Å². The highest BCUT2D eigenvalue weighted by Gasteiger charge is 2.17. The summed E-state index contributed by atoms with van der Waals surface area (Å²) in [5.74, 6) is -0.332. The summed E-state index contributed by atoms with van der Waals surface area (Å²) >= 11 is 5.91. The summed E-state index contributed by atoms with van der Waals surface area (Å²) in [6.45, 7) is 6.45. The Kier molecular flexibility index (Phi) is 4.17. The number of nitrogens with two attached hydrogens (primary N) is 1. The minimum atomic E-state index is -0.511. The Morgan fingerprint density at radius 3 is 2.20 bits per heavy atom. The number of rotatable bonds is 2. The zero-order chi connectivity index (χ0) is 14.9. The maximum Gasteiger partial charge on any atom is 0.128 e. The summed E-state index contributed by atoms with van der Waals surface area (Å²) in [6.07, 6.45) is 0. The molecule has 0 bridgehead atoms. The Hall–Kier alpha value is -1.38. The van der Waals surface area contributed by atoms with Crippen molar-refractivity contribution in [2.75, 3.05) is 0 Å². The van der Waals surface area contributed by atoms with E-state index < -0.39 is 6.04 Å². The first-order chi connectivity index (χ1) is 9.29. The average molecular weight is 292 g/mol. The molecule has 1 nitrogen and oxygen atoms in total. The molecule has 2 rings (SSSR count). The molecule has 106 valence electrons. The molecule has 0 heterocycles. The molecule has 0 aliphatic carbocycles. The van der Waals surface area contributed by atoms with Crippen molar-refractivity contribution >= 4 is 11.6 Å². The van der Waals surface area contributed by atoms with Crippen molar-refractivity contribution in [1.82, 2.24) is 0 Å². The lowest BCUT2D eigenvalue weighted by atomic mass is 9.86. The molecule has 0 aliphatic rings. The van der Waals surface area contributed by atoms with Crippen LogP contribution in [0.25, 0.3) is 0 Å². The highest BCUT2D eigenvalue weighted by molar-refractivity contribution is 6.30. The van der Waals surface area contributed by atoms with E-state index in [1.807, 2.05) is 24.3 Å². The molecule has 0 saturated carbocycles. The maximum absolute atomic E-state index is 13.8. The molecule has 0 aromatic heterocycles. The molecule has 3 heteroatoms. The first-order valence-corrected chi connectivity index (χ1v) is 6.98. The summed E-state index contributed by atoms with van der Waals surface area (Å²) in [4.78, 5) is 0.